The van der Waals surface area contributed by atoms with Gasteiger partial charge >= 0.3 is 5.97 Å². The molecule has 2 heterocycles. The molecule has 0 unspecified atom stereocenters. The maximum absolute atomic E-state index is 12.9. The third kappa shape index (κ3) is 4.55. The Balaban J connectivity index is 1.72. The number of carbonyl (C=O) groups is 1. The van der Waals surface area contributed by atoms with Crippen LogP contribution in [0, 0.1) is 12.3 Å². The van der Waals surface area contributed by atoms with Crippen LogP contribution in [0.1, 0.15) is 36.6 Å². The molecule has 3 rings (SSSR count). The van der Waals surface area contributed by atoms with E-state index in [4.69, 9.17) is 9.47 Å². The number of hydrogen-bond donors (Lipinski definition) is 0. The van der Waals surface area contributed by atoms with Crippen LogP contribution in [0.2, 0.25) is 0 Å². The number of methoxy groups -OCH3 is 1. The smallest absolute Gasteiger partial charge is 0.312 e. The summed E-state index contributed by atoms with van der Waals surface area (Å²) >= 11 is 0. The molecule has 6 nitrogen and oxygen atoms in total. The first-order chi connectivity index (χ1) is 13.5. The van der Waals surface area contributed by atoms with Gasteiger partial charge in [-0.25, -0.2) is 0 Å². The summed E-state index contributed by atoms with van der Waals surface area (Å²) in [6, 6.07) is 7.99. The van der Waals surface area contributed by atoms with E-state index >= 15 is 0 Å². The average molecular weight is 386 g/mol. The number of likely N-dealkylation sites (tertiary alicyclic amines) is 1. The monoisotopic (exact) mass is 385 g/mol. The first-order valence-electron chi connectivity index (χ1n) is 9.97. The molecule has 0 amide bonds. The Morgan fingerprint density at radius 3 is 2.64 bits per heavy atom. The zero-order chi connectivity index (χ0) is 20.1. The number of carbonyl (C=O) groups excluding carboxylic acids is 1. The highest BCUT2D eigenvalue weighted by atomic mass is 16.5. The van der Waals surface area contributed by atoms with Gasteiger partial charge in [-0.15, -0.1) is 0 Å². The molecule has 0 aliphatic carbocycles. The van der Waals surface area contributed by atoms with E-state index in [2.05, 4.69) is 22.3 Å². The molecule has 0 N–H and O–H groups in total. The van der Waals surface area contributed by atoms with Crippen LogP contribution in [0.3, 0.4) is 0 Å². The molecule has 1 aromatic carbocycles. The Kier molecular flexibility index (Phi) is 6.39. The van der Waals surface area contributed by atoms with Crippen molar-refractivity contribution in [3.63, 3.8) is 0 Å². The normalized spacial score (nSPS) is 16.7. The number of esters is 1. The summed E-state index contributed by atoms with van der Waals surface area (Å²) in [7, 11) is 3.62. The number of aryl methyl sites for hydroxylation is 2. The largest absolute Gasteiger partial charge is 0.497 e. The Hall–Kier alpha value is -2.34. The number of aromatic nitrogens is 2. The number of nitrogens with zero attached hydrogens (tertiary/aromatic N) is 3. The van der Waals surface area contributed by atoms with Crippen molar-refractivity contribution in [2.45, 2.75) is 39.7 Å². The number of rotatable bonds is 7. The van der Waals surface area contributed by atoms with Crippen LogP contribution in [0.5, 0.6) is 5.75 Å². The average Bonchev–Trinajstić information content (AvgIpc) is 3.00. The van der Waals surface area contributed by atoms with Crippen molar-refractivity contribution in [2.24, 2.45) is 12.5 Å². The fraction of sp³-hybridized carbons (Fsp3) is 0.545. The molecule has 0 bridgehead atoms. The van der Waals surface area contributed by atoms with Crippen LogP contribution in [-0.4, -0.2) is 47.5 Å². The molecule has 6 heteroatoms. The Morgan fingerprint density at radius 1 is 1.29 bits per heavy atom. The minimum atomic E-state index is -0.469. The molecule has 0 radical (unpaired) electrons. The second-order valence-corrected chi connectivity index (χ2v) is 7.72. The van der Waals surface area contributed by atoms with Gasteiger partial charge in [0, 0.05) is 25.4 Å². The molecule has 1 saturated heterocycles. The van der Waals surface area contributed by atoms with E-state index in [0.717, 1.165) is 49.5 Å². The van der Waals surface area contributed by atoms with Gasteiger partial charge in [-0.2, -0.15) is 5.10 Å². The van der Waals surface area contributed by atoms with E-state index < -0.39 is 5.41 Å². The lowest BCUT2D eigenvalue weighted by atomic mass is 9.73. The third-order valence-electron chi connectivity index (χ3n) is 5.71. The Morgan fingerprint density at radius 2 is 2.04 bits per heavy atom. The standard InChI is InChI=1S/C22H31N3O3/c1-5-28-21(26)22(14-18-7-6-8-20(13-18)27-4)9-11-25(12-10-22)16-19-15-24(3)23-17(19)2/h6-8,13,15H,5,9-12,14,16H2,1-4H3. The lowest BCUT2D eigenvalue weighted by Gasteiger charge is -2.40. The summed E-state index contributed by atoms with van der Waals surface area (Å²) in [5.41, 5.74) is 2.96. The van der Waals surface area contributed by atoms with Gasteiger partial charge < -0.3 is 9.47 Å². The molecular formula is C22H31N3O3. The van der Waals surface area contributed by atoms with Gasteiger partial charge in [0.25, 0.3) is 0 Å². The molecule has 28 heavy (non-hydrogen) atoms. The van der Waals surface area contributed by atoms with Gasteiger partial charge in [-0.3, -0.25) is 14.4 Å². The van der Waals surface area contributed by atoms with E-state index in [1.165, 1.54) is 5.56 Å². The van der Waals surface area contributed by atoms with Gasteiger partial charge in [0.05, 0.1) is 24.8 Å². The summed E-state index contributed by atoms with van der Waals surface area (Å²) in [6.45, 7) is 6.95. The molecule has 0 saturated carbocycles. The molecule has 0 spiro atoms. The van der Waals surface area contributed by atoms with Crippen LogP contribution >= 0.6 is 0 Å². The van der Waals surface area contributed by atoms with Crippen LogP contribution in [-0.2, 0) is 29.5 Å². The highest BCUT2D eigenvalue weighted by molar-refractivity contribution is 5.77. The lowest BCUT2D eigenvalue weighted by Crippen LogP contribution is -2.46. The fourth-order valence-corrected chi connectivity index (χ4v) is 4.09. The van der Waals surface area contributed by atoms with Crippen molar-refractivity contribution in [2.75, 3.05) is 26.8 Å². The molecule has 152 valence electrons. The van der Waals surface area contributed by atoms with Crippen molar-refractivity contribution < 1.29 is 14.3 Å². The first-order valence-corrected chi connectivity index (χ1v) is 9.97. The van der Waals surface area contributed by atoms with E-state index in [1.54, 1.807) is 7.11 Å². The summed E-state index contributed by atoms with van der Waals surface area (Å²) < 4.78 is 12.7. The predicted molar refractivity (Wildman–Crippen MR) is 108 cm³/mol. The van der Waals surface area contributed by atoms with Gasteiger partial charge in [0.2, 0.25) is 0 Å². The second kappa shape index (κ2) is 8.78. The molecular weight excluding hydrogens is 354 g/mol. The van der Waals surface area contributed by atoms with Crippen LogP contribution in [0.15, 0.2) is 30.5 Å². The van der Waals surface area contributed by atoms with Crippen molar-refractivity contribution in [3.05, 3.63) is 47.3 Å². The van der Waals surface area contributed by atoms with Crippen molar-refractivity contribution >= 4 is 5.97 Å². The Bertz CT molecular complexity index is 807. The molecule has 1 fully saturated rings. The molecule has 2 aromatic rings. The summed E-state index contributed by atoms with van der Waals surface area (Å²) in [5.74, 6) is 0.746. The Labute approximate surface area is 167 Å². The molecule has 1 aliphatic heterocycles. The van der Waals surface area contributed by atoms with Crippen LogP contribution < -0.4 is 4.74 Å². The van der Waals surface area contributed by atoms with E-state index in [0.29, 0.717) is 13.0 Å². The van der Waals surface area contributed by atoms with Crippen molar-refractivity contribution in [1.82, 2.24) is 14.7 Å². The minimum absolute atomic E-state index is 0.0740. The van der Waals surface area contributed by atoms with E-state index in [-0.39, 0.29) is 5.97 Å². The topological polar surface area (TPSA) is 56.6 Å². The zero-order valence-electron chi connectivity index (χ0n) is 17.4. The first kappa shape index (κ1) is 20.4. The molecule has 0 atom stereocenters. The number of ether oxygens (including phenoxy) is 2. The third-order valence-corrected chi connectivity index (χ3v) is 5.71. The summed E-state index contributed by atoms with van der Waals surface area (Å²) in [6.07, 6.45) is 4.35. The maximum Gasteiger partial charge on any atom is 0.312 e. The molecule has 1 aliphatic rings. The highest BCUT2D eigenvalue weighted by Crippen LogP contribution is 2.37. The van der Waals surface area contributed by atoms with Gasteiger partial charge in [-0.1, -0.05) is 12.1 Å². The fourth-order valence-electron chi connectivity index (χ4n) is 4.09. The van der Waals surface area contributed by atoms with E-state index in [9.17, 15) is 4.79 Å². The van der Waals surface area contributed by atoms with E-state index in [1.807, 2.05) is 43.8 Å². The predicted octanol–water partition coefficient (Wildman–Crippen LogP) is 3.13. The highest BCUT2D eigenvalue weighted by Gasteiger charge is 2.42. The number of hydrogen-bond acceptors (Lipinski definition) is 5. The van der Waals surface area contributed by atoms with Crippen LogP contribution in [0.4, 0.5) is 0 Å². The van der Waals surface area contributed by atoms with Gasteiger partial charge in [0.1, 0.15) is 5.75 Å². The zero-order valence-corrected chi connectivity index (χ0v) is 17.4. The summed E-state index contributed by atoms with van der Waals surface area (Å²) in [4.78, 5) is 15.3. The second-order valence-electron chi connectivity index (χ2n) is 7.72. The number of benzene rings is 1. The maximum atomic E-state index is 12.9. The van der Waals surface area contributed by atoms with Crippen LogP contribution in [0.25, 0.3) is 0 Å². The van der Waals surface area contributed by atoms with Gasteiger partial charge in [0.15, 0.2) is 0 Å². The van der Waals surface area contributed by atoms with Crippen molar-refractivity contribution in [1.29, 1.82) is 0 Å². The quantitative estimate of drug-likeness (QED) is 0.686. The van der Waals surface area contributed by atoms with Gasteiger partial charge in [-0.05, 0) is 63.9 Å². The number of piperidine rings is 1. The van der Waals surface area contributed by atoms with Crippen molar-refractivity contribution in [3.8, 4) is 5.75 Å². The lowest BCUT2D eigenvalue weighted by molar-refractivity contribution is -0.158. The molecule has 1 aromatic heterocycles. The summed E-state index contributed by atoms with van der Waals surface area (Å²) in [5, 5.41) is 4.43. The minimum Gasteiger partial charge on any atom is -0.497 e. The SMILES string of the molecule is CCOC(=O)C1(Cc2cccc(OC)c2)CCN(Cc2cn(C)nc2C)CC1.